The van der Waals surface area contributed by atoms with Crippen LogP contribution >= 0.6 is 22.6 Å². The number of rotatable bonds is 2. The van der Waals surface area contributed by atoms with E-state index < -0.39 is 0 Å². The summed E-state index contributed by atoms with van der Waals surface area (Å²) in [4.78, 5) is 12.1. The lowest BCUT2D eigenvalue weighted by Crippen LogP contribution is -2.45. The van der Waals surface area contributed by atoms with Gasteiger partial charge in [0.25, 0.3) is 5.91 Å². The fourth-order valence-corrected chi connectivity index (χ4v) is 2.59. The second kappa shape index (κ2) is 5.82. The van der Waals surface area contributed by atoms with E-state index in [0.29, 0.717) is 0 Å². The largest absolute Gasteiger partial charge is 0.348 e. The molecule has 3 nitrogen and oxygen atoms in total. The minimum atomic E-state index is 0.0507. The van der Waals surface area contributed by atoms with Crippen molar-refractivity contribution < 1.29 is 4.79 Å². The predicted octanol–water partition coefficient (Wildman–Crippen LogP) is 2.08. The van der Waals surface area contributed by atoms with E-state index in [9.17, 15) is 4.79 Å². The number of benzene rings is 1. The molecule has 0 aromatic heterocycles. The highest BCUT2D eigenvalue weighted by molar-refractivity contribution is 14.1. The van der Waals surface area contributed by atoms with Gasteiger partial charge in [-0.25, -0.2) is 0 Å². The third kappa shape index (κ3) is 3.19. The monoisotopic (exact) mass is 344 g/mol. The van der Waals surface area contributed by atoms with Gasteiger partial charge in [0.2, 0.25) is 0 Å². The summed E-state index contributed by atoms with van der Waals surface area (Å²) in [6, 6.07) is 6.12. The molecule has 0 aliphatic carbocycles. The van der Waals surface area contributed by atoms with Crippen molar-refractivity contribution in [3.8, 4) is 0 Å². The van der Waals surface area contributed by atoms with Crippen LogP contribution in [0.2, 0.25) is 0 Å². The molecule has 92 valence electrons. The first-order valence-corrected chi connectivity index (χ1v) is 7.03. The van der Waals surface area contributed by atoms with Crippen molar-refractivity contribution >= 4 is 28.5 Å². The number of piperidine rings is 1. The lowest BCUT2D eigenvalue weighted by molar-refractivity contribution is 0.0930. The Hall–Kier alpha value is -0.620. The van der Waals surface area contributed by atoms with Gasteiger partial charge in [-0.3, -0.25) is 4.79 Å². The molecular weight excluding hydrogens is 327 g/mol. The standard InChI is InChI=1S/C13H17IN2O/c1-9-11(5-2-6-12(9)14)13(17)16-10-4-3-7-15-8-10/h2,5-6,10,15H,3-4,7-8H2,1H3,(H,16,17)/t10-/m0/s1. The molecule has 0 bridgehead atoms. The highest BCUT2D eigenvalue weighted by Crippen LogP contribution is 2.16. The number of amides is 1. The molecule has 0 saturated carbocycles. The first kappa shape index (κ1) is 12.8. The van der Waals surface area contributed by atoms with Crippen LogP contribution in [-0.2, 0) is 0 Å². The zero-order valence-electron chi connectivity index (χ0n) is 9.92. The summed E-state index contributed by atoms with van der Waals surface area (Å²) in [5.74, 6) is 0.0507. The molecule has 0 radical (unpaired) electrons. The van der Waals surface area contributed by atoms with Crippen molar-refractivity contribution in [1.82, 2.24) is 10.6 Å². The zero-order valence-corrected chi connectivity index (χ0v) is 12.1. The Bertz CT molecular complexity index is 414. The highest BCUT2D eigenvalue weighted by Gasteiger charge is 2.17. The van der Waals surface area contributed by atoms with Crippen LogP contribution in [0.25, 0.3) is 0 Å². The average Bonchev–Trinajstić information content (AvgIpc) is 2.34. The van der Waals surface area contributed by atoms with E-state index in [2.05, 4.69) is 33.2 Å². The maximum Gasteiger partial charge on any atom is 0.251 e. The van der Waals surface area contributed by atoms with Gasteiger partial charge >= 0.3 is 0 Å². The molecule has 1 aromatic rings. The summed E-state index contributed by atoms with van der Waals surface area (Å²) in [5, 5.41) is 6.40. The van der Waals surface area contributed by atoms with Crippen molar-refractivity contribution in [2.24, 2.45) is 0 Å². The molecule has 1 heterocycles. The van der Waals surface area contributed by atoms with Gasteiger partial charge in [0.15, 0.2) is 0 Å². The van der Waals surface area contributed by atoms with Crippen molar-refractivity contribution in [3.05, 3.63) is 32.9 Å². The van der Waals surface area contributed by atoms with Crippen LogP contribution in [0.4, 0.5) is 0 Å². The highest BCUT2D eigenvalue weighted by atomic mass is 127. The molecule has 1 aliphatic rings. The van der Waals surface area contributed by atoms with Crippen molar-refractivity contribution in [3.63, 3.8) is 0 Å². The topological polar surface area (TPSA) is 41.1 Å². The van der Waals surface area contributed by atoms with Gasteiger partial charge in [0.05, 0.1) is 0 Å². The molecule has 0 unspecified atom stereocenters. The zero-order chi connectivity index (χ0) is 12.3. The number of hydrogen-bond donors (Lipinski definition) is 2. The molecule has 1 atom stereocenters. The molecule has 1 aromatic carbocycles. The summed E-state index contributed by atoms with van der Waals surface area (Å²) in [6.45, 7) is 3.94. The van der Waals surface area contributed by atoms with E-state index in [1.54, 1.807) is 0 Å². The van der Waals surface area contributed by atoms with Crippen LogP contribution in [0.15, 0.2) is 18.2 Å². The molecule has 2 rings (SSSR count). The predicted molar refractivity (Wildman–Crippen MR) is 77.3 cm³/mol. The first-order valence-electron chi connectivity index (χ1n) is 5.95. The Kier molecular flexibility index (Phi) is 4.39. The molecule has 4 heteroatoms. The maximum absolute atomic E-state index is 12.1. The smallest absolute Gasteiger partial charge is 0.251 e. The summed E-state index contributed by atoms with van der Waals surface area (Å²) >= 11 is 2.26. The van der Waals surface area contributed by atoms with Crippen molar-refractivity contribution in [2.45, 2.75) is 25.8 Å². The number of halogens is 1. The first-order chi connectivity index (χ1) is 8.18. The van der Waals surface area contributed by atoms with Gasteiger partial charge in [-0.05, 0) is 66.6 Å². The van der Waals surface area contributed by atoms with E-state index in [1.807, 2.05) is 25.1 Å². The second-order valence-electron chi connectivity index (χ2n) is 4.43. The Morgan fingerprint density at radius 2 is 2.35 bits per heavy atom. The van der Waals surface area contributed by atoms with E-state index in [1.165, 1.54) is 0 Å². The van der Waals surface area contributed by atoms with E-state index in [4.69, 9.17) is 0 Å². The number of nitrogens with one attached hydrogen (secondary N) is 2. The lowest BCUT2D eigenvalue weighted by atomic mass is 10.1. The quantitative estimate of drug-likeness (QED) is 0.807. The number of carbonyl (C=O) groups excluding carboxylic acids is 1. The summed E-state index contributed by atoms with van der Waals surface area (Å²) in [5.41, 5.74) is 1.86. The van der Waals surface area contributed by atoms with Gasteiger partial charge in [-0.1, -0.05) is 6.07 Å². The average molecular weight is 344 g/mol. The molecule has 2 N–H and O–H groups in total. The van der Waals surface area contributed by atoms with Crippen LogP contribution < -0.4 is 10.6 Å². The summed E-state index contributed by atoms with van der Waals surface area (Å²) < 4.78 is 1.14. The van der Waals surface area contributed by atoms with Crippen molar-refractivity contribution in [2.75, 3.05) is 13.1 Å². The van der Waals surface area contributed by atoms with Crippen LogP contribution in [0.1, 0.15) is 28.8 Å². The van der Waals surface area contributed by atoms with Crippen LogP contribution in [0, 0.1) is 10.5 Å². The van der Waals surface area contributed by atoms with Gasteiger partial charge < -0.3 is 10.6 Å². The van der Waals surface area contributed by atoms with Gasteiger partial charge in [-0.2, -0.15) is 0 Å². The van der Waals surface area contributed by atoms with E-state index in [-0.39, 0.29) is 11.9 Å². The molecule has 1 saturated heterocycles. The van der Waals surface area contributed by atoms with Crippen LogP contribution in [0.3, 0.4) is 0 Å². The lowest BCUT2D eigenvalue weighted by Gasteiger charge is -2.24. The second-order valence-corrected chi connectivity index (χ2v) is 5.59. The molecule has 1 amide bonds. The minimum absolute atomic E-state index is 0.0507. The fourth-order valence-electron chi connectivity index (χ4n) is 2.09. The molecule has 1 fully saturated rings. The molecular formula is C13H17IN2O. The summed E-state index contributed by atoms with van der Waals surface area (Å²) in [6.07, 6.45) is 2.21. The third-order valence-electron chi connectivity index (χ3n) is 3.14. The van der Waals surface area contributed by atoms with Crippen LogP contribution in [0.5, 0.6) is 0 Å². The molecule has 1 aliphatic heterocycles. The van der Waals surface area contributed by atoms with Crippen LogP contribution in [-0.4, -0.2) is 25.0 Å². The normalized spacial score (nSPS) is 20.0. The number of carbonyl (C=O) groups is 1. The van der Waals surface area contributed by atoms with E-state index in [0.717, 1.165) is 40.6 Å². The third-order valence-corrected chi connectivity index (χ3v) is 4.31. The maximum atomic E-state index is 12.1. The molecule has 0 spiro atoms. The fraction of sp³-hybridized carbons (Fsp3) is 0.462. The Labute approximate surface area is 116 Å². The Balaban J connectivity index is 2.06. The summed E-state index contributed by atoms with van der Waals surface area (Å²) in [7, 11) is 0. The Morgan fingerprint density at radius 1 is 1.53 bits per heavy atom. The Morgan fingerprint density at radius 3 is 3.06 bits per heavy atom. The SMILES string of the molecule is Cc1c(I)cccc1C(=O)N[C@H]1CCCNC1. The van der Waals surface area contributed by atoms with Crippen molar-refractivity contribution in [1.29, 1.82) is 0 Å². The van der Waals surface area contributed by atoms with E-state index >= 15 is 0 Å². The minimum Gasteiger partial charge on any atom is -0.348 e. The molecule has 17 heavy (non-hydrogen) atoms. The van der Waals surface area contributed by atoms with Gasteiger partial charge in [0.1, 0.15) is 0 Å². The van der Waals surface area contributed by atoms with Gasteiger partial charge in [-0.15, -0.1) is 0 Å². The number of hydrogen-bond acceptors (Lipinski definition) is 2. The van der Waals surface area contributed by atoms with Gasteiger partial charge in [0, 0.05) is 21.7 Å².